The Hall–Kier alpha value is -2.97. The molecule has 0 aliphatic carbocycles. The zero-order valence-corrected chi connectivity index (χ0v) is 10.9. The van der Waals surface area contributed by atoms with Gasteiger partial charge in [0.2, 0.25) is 5.75 Å². The number of benzene rings is 1. The minimum atomic E-state index is -0.0678. The maximum atomic E-state index is 9.78. The molecule has 9 nitrogen and oxygen atoms in total. The highest BCUT2D eigenvalue weighted by Crippen LogP contribution is 2.36. The Kier molecular flexibility index (Phi) is 3.89. The standard InChI is InChI=1S/C11H14N6O3/c1-19-8-3-7(4-9(20-2)10(8)18)5-13-15-11-16-14-6-17(11)12/h3-6,18H,12H2,1-2H3,(H,15,16)/b13-5+. The molecule has 20 heavy (non-hydrogen) atoms. The van der Waals surface area contributed by atoms with Crippen molar-refractivity contribution in [2.45, 2.75) is 0 Å². The molecule has 9 heteroatoms. The van der Waals surface area contributed by atoms with Crippen LogP contribution < -0.4 is 20.7 Å². The molecule has 1 aromatic carbocycles. The molecular formula is C11H14N6O3. The number of hydrogen-bond donors (Lipinski definition) is 3. The molecule has 2 aromatic rings. The average molecular weight is 278 g/mol. The van der Waals surface area contributed by atoms with Crippen molar-refractivity contribution < 1.29 is 14.6 Å². The number of nitrogen functional groups attached to an aromatic ring is 1. The van der Waals surface area contributed by atoms with Crippen LogP contribution in [0.4, 0.5) is 5.95 Å². The van der Waals surface area contributed by atoms with Crippen LogP contribution >= 0.6 is 0 Å². The lowest BCUT2D eigenvalue weighted by atomic mass is 10.2. The number of nitrogens with two attached hydrogens (primary N) is 1. The van der Waals surface area contributed by atoms with E-state index in [4.69, 9.17) is 15.3 Å². The largest absolute Gasteiger partial charge is 0.502 e. The number of nitrogens with zero attached hydrogens (tertiary/aromatic N) is 4. The summed E-state index contributed by atoms with van der Waals surface area (Å²) in [5.41, 5.74) is 3.28. The predicted molar refractivity (Wildman–Crippen MR) is 72.6 cm³/mol. The van der Waals surface area contributed by atoms with Gasteiger partial charge in [-0.05, 0) is 12.1 Å². The molecule has 0 atom stereocenters. The van der Waals surface area contributed by atoms with E-state index in [9.17, 15) is 5.11 Å². The average Bonchev–Trinajstić information content (AvgIpc) is 2.86. The number of hydrazone groups is 1. The van der Waals surface area contributed by atoms with Crippen LogP contribution in [0.15, 0.2) is 23.6 Å². The molecule has 1 aromatic heterocycles. The summed E-state index contributed by atoms with van der Waals surface area (Å²) >= 11 is 0. The van der Waals surface area contributed by atoms with Gasteiger partial charge >= 0.3 is 0 Å². The second kappa shape index (κ2) is 5.78. The summed E-state index contributed by atoms with van der Waals surface area (Å²) in [6.45, 7) is 0. The highest BCUT2D eigenvalue weighted by molar-refractivity contribution is 5.82. The molecule has 0 fully saturated rings. The fourth-order valence-corrected chi connectivity index (χ4v) is 1.48. The molecule has 0 spiro atoms. The van der Waals surface area contributed by atoms with Gasteiger partial charge in [0.15, 0.2) is 11.5 Å². The molecule has 0 saturated carbocycles. The summed E-state index contributed by atoms with van der Waals surface area (Å²) in [7, 11) is 2.90. The minimum absolute atomic E-state index is 0.0678. The lowest BCUT2D eigenvalue weighted by Gasteiger charge is -2.09. The highest BCUT2D eigenvalue weighted by Gasteiger charge is 2.10. The summed E-state index contributed by atoms with van der Waals surface area (Å²) < 4.78 is 11.3. The fourth-order valence-electron chi connectivity index (χ4n) is 1.48. The molecule has 0 unspecified atom stereocenters. The van der Waals surface area contributed by atoms with Crippen LogP contribution in [0, 0.1) is 0 Å². The normalized spacial score (nSPS) is 10.7. The third kappa shape index (κ3) is 2.71. The van der Waals surface area contributed by atoms with E-state index in [1.165, 1.54) is 31.4 Å². The first-order valence-corrected chi connectivity index (χ1v) is 5.55. The quantitative estimate of drug-likeness (QED) is 0.405. The van der Waals surface area contributed by atoms with E-state index in [1.807, 2.05) is 0 Å². The van der Waals surface area contributed by atoms with Crippen molar-refractivity contribution in [2.75, 3.05) is 25.5 Å². The molecule has 0 saturated heterocycles. The first-order valence-electron chi connectivity index (χ1n) is 5.55. The van der Waals surface area contributed by atoms with Crippen LogP contribution in [0.25, 0.3) is 0 Å². The molecule has 0 aliphatic rings. The molecule has 0 aliphatic heterocycles. The van der Waals surface area contributed by atoms with Crippen molar-refractivity contribution in [1.82, 2.24) is 14.9 Å². The maximum Gasteiger partial charge on any atom is 0.263 e. The number of hydrogen-bond acceptors (Lipinski definition) is 8. The number of aromatic nitrogens is 3. The molecule has 0 amide bonds. The fraction of sp³-hybridized carbons (Fsp3) is 0.182. The smallest absolute Gasteiger partial charge is 0.263 e. The SMILES string of the molecule is COc1cc(/C=N/Nc2nncn2N)cc(OC)c1O. The van der Waals surface area contributed by atoms with Crippen LogP contribution in [0.2, 0.25) is 0 Å². The van der Waals surface area contributed by atoms with Gasteiger partial charge in [-0.15, -0.1) is 10.2 Å². The molecular weight excluding hydrogens is 264 g/mol. The molecule has 0 bridgehead atoms. The first-order chi connectivity index (χ1) is 9.65. The number of methoxy groups -OCH3 is 2. The Morgan fingerprint density at radius 2 is 2.00 bits per heavy atom. The van der Waals surface area contributed by atoms with Crippen molar-refractivity contribution in [3.8, 4) is 17.2 Å². The predicted octanol–water partition coefficient (Wildman–Crippen LogP) is 0.161. The molecule has 106 valence electrons. The Bertz CT molecular complexity index is 599. The second-order valence-corrected chi connectivity index (χ2v) is 3.71. The topological polar surface area (TPSA) is 120 Å². The third-order valence-electron chi connectivity index (χ3n) is 2.45. The van der Waals surface area contributed by atoms with Gasteiger partial charge in [-0.3, -0.25) is 0 Å². The second-order valence-electron chi connectivity index (χ2n) is 3.71. The lowest BCUT2D eigenvalue weighted by molar-refractivity contribution is 0.340. The number of phenols is 1. The van der Waals surface area contributed by atoms with Gasteiger partial charge < -0.3 is 20.4 Å². The van der Waals surface area contributed by atoms with Crippen LogP contribution in [0.3, 0.4) is 0 Å². The Balaban J connectivity index is 2.18. The van der Waals surface area contributed by atoms with Crippen LogP contribution in [-0.2, 0) is 0 Å². The van der Waals surface area contributed by atoms with Gasteiger partial charge in [0.25, 0.3) is 5.95 Å². The zero-order chi connectivity index (χ0) is 14.5. The van der Waals surface area contributed by atoms with E-state index in [2.05, 4.69) is 20.7 Å². The Morgan fingerprint density at radius 1 is 1.35 bits per heavy atom. The van der Waals surface area contributed by atoms with E-state index < -0.39 is 0 Å². The molecule has 4 N–H and O–H groups in total. The van der Waals surface area contributed by atoms with Gasteiger partial charge in [0.05, 0.1) is 20.4 Å². The number of anilines is 1. The summed E-state index contributed by atoms with van der Waals surface area (Å²) in [5.74, 6) is 6.31. The van der Waals surface area contributed by atoms with E-state index in [-0.39, 0.29) is 17.2 Å². The van der Waals surface area contributed by atoms with Crippen molar-refractivity contribution in [1.29, 1.82) is 0 Å². The van der Waals surface area contributed by atoms with Crippen molar-refractivity contribution in [2.24, 2.45) is 5.10 Å². The summed E-state index contributed by atoms with van der Waals surface area (Å²) in [6.07, 6.45) is 2.84. The molecule has 0 radical (unpaired) electrons. The lowest BCUT2D eigenvalue weighted by Crippen LogP contribution is -2.10. The number of nitrogens with one attached hydrogen (secondary N) is 1. The van der Waals surface area contributed by atoms with Gasteiger partial charge in [-0.25, -0.2) is 10.1 Å². The van der Waals surface area contributed by atoms with E-state index in [0.29, 0.717) is 11.5 Å². The number of aromatic hydroxyl groups is 1. The van der Waals surface area contributed by atoms with Crippen LogP contribution in [-0.4, -0.2) is 40.4 Å². The van der Waals surface area contributed by atoms with Crippen molar-refractivity contribution in [3.05, 3.63) is 24.0 Å². The van der Waals surface area contributed by atoms with E-state index >= 15 is 0 Å². The minimum Gasteiger partial charge on any atom is -0.502 e. The van der Waals surface area contributed by atoms with Crippen molar-refractivity contribution >= 4 is 12.2 Å². The number of phenolic OH excluding ortho intramolecular Hbond substituents is 1. The van der Waals surface area contributed by atoms with Crippen LogP contribution in [0.1, 0.15) is 5.56 Å². The summed E-state index contributed by atoms with van der Waals surface area (Å²) in [6, 6.07) is 3.21. The number of rotatable bonds is 5. The third-order valence-corrected chi connectivity index (χ3v) is 2.45. The van der Waals surface area contributed by atoms with Crippen LogP contribution in [0.5, 0.6) is 17.2 Å². The Labute approximate surface area is 114 Å². The van der Waals surface area contributed by atoms with Crippen molar-refractivity contribution in [3.63, 3.8) is 0 Å². The maximum absolute atomic E-state index is 9.78. The molecule has 1 heterocycles. The van der Waals surface area contributed by atoms with Gasteiger partial charge in [0.1, 0.15) is 6.33 Å². The highest BCUT2D eigenvalue weighted by atomic mass is 16.5. The van der Waals surface area contributed by atoms with Gasteiger partial charge in [0, 0.05) is 5.56 Å². The van der Waals surface area contributed by atoms with E-state index in [1.54, 1.807) is 12.1 Å². The Morgan fingerprint density at radius 3 is 2.50 bits per heavy atom. The van der Waals surface area contributed by atoms with Gasteiger partial charge in [-0.1, -0.05) is 0 Å². The van der Waals surface area contributed by atoms with Gasteiger partial charge in [-0.2, -0.15) is 5.10 Å². The zero-order valence-electron chi connectivity index (χ0n) is 10.9. The summed E-state index contributed by atoms with van der Waals surface area (Å²) in [5, 5.41) is 21.0. The first kappa shape index (κ1) is 13.5. The number of ether oxygens (including phenoxy) is 2. The van der Waals surface area contributed by atoms with E-state index in [0.717, 1.165) is 0 Å². The monoisotopic (exact) mass is 278 g/mol. The summed E-state index contributed by atoms with van der Waals surface area (Å²) in [4.78, 5) is 0. The molecule has 2 rings (SSSR count).